The zero-order valence-electron chi connectivity index (χ0n) is 13.0. The van der Waals surface area contributed by atoms with Gasteiger partial charge in [-0.3, -0.25) is 14.6 Å². The number of methoxy groups -OCH3 is 1. The number of nitrogens with one attached hydrogen (secondary N) is 1. The summed E-state index contributed by atoms with van der Waals surface area (Å²) in [5.41, 5.74) is 0.602. The zero-order valence-corrected chi connectivity index (χ0v) is 13.0. The second-order valence-corrected chi connectivity index (χ2v) is 5.45. The number of hydrogen-bond donors (Lipinski definition) is 1. The fraction of sp³-hybridized carbons (Fsp3) is 0.562. The smallest absolute Gasteiger partial charge is 0.255 e. The summed E-state index contributed by atoms with van der Waals surface area (Å²) in [4.78, 5) is 30.1. The number of aromatic nitrogens is 1. The quantitative estimate of drug-likeness (QED) is 0.799. The van der Waals surface area contributed by atoms with Crippen molar-refractivity contribution in [2.45, 2.75) is 19.3 Å². The molecular formula is C16H23N3O3. The molecule has 1 aromatic heterocycles. The van der Waals surface area contributed by atoms with Gasteiger partial charge in [-0.2, -0.15) is 0 Å². The highest BCUT2D eigenvalue weighted by molar-refractivity contribution is 5.94. The lowest BCUT2D eigenvalue weighted by Crippen LogP contribution is -2.43. The summed E-state index contributed by atoms with van der Waals surface area (Å²) in [6.45, 7) is 2.52. The predicted octanol–water partition coefficient (Wildman–Crippen LogP) is 1.09. The van der Waals surface area contributed by atoms with E-state index in [0.29, 0.717) is 44.6 Å². The second-order valence-electron chi connectivity index (χ2n) is 5.45. The van der Waals surface area contributed by atoms with E-state index in [0.717, 1.165) is 6.42 Å². The summed E-state index contributed by atoms with van der Waals surface area (Å²) in [6.07, 6.45) is 5.47. The highest BCUT2D eigenvalue weighted by Gasteiger charge is 2.27. The lowest BCUT2D eigenvalue weighted by molar-refractivity contribution is -0.126. The maximum absolute atomic E-state index is 12.3. The second kappa shape index (κ2) is 8.48. The highest BCUT2D eigenvalue weighted by Crippen LogP contribution is 2.19. The van der Waals surface area contributed by atoms with Crippen LogP contribution >= 0.6 is 0 Å². The van der Waals surface area contributed by atoms with Crippen LogP contribution in [0, 0.1) is 5.92 Å². The molecule has 0 spiro atoms. The van der Waals surface area contributed by atoms with E-state index in [9.17, 15) is 9.59 Å². The Labute approximate surface area is 130 Å². The summed E-state index contributed by atoms with van der Waals surface area (Å²) >= 11 is 0. The summed E-state index contributed by atoms with van der Waals surface area (Å²) in [6, 6.07) is 3.53. The van der Waals surface area contributed by atoms with E-state index >= 15 is 0 Å². The van der Waals surface area contributed by atoms with Crippen LogP contribution in [0.1, 0.15) is 29.6 Å². The van der Waals surface area contributed by atoms with Crippen molar-refractivity contribution in [3.8, 4) is 0 Å². The minimum atomic E-state index is -0.00736. The van der Waals surface area contributed by atoms with Crippen molar-refractivity contribution in [2.24, 2.45) is 5.92 Å². The molecule has 2 heterocycles. The first-order valence-electron chi connectivity index (χ1n) is 7.68. The van der Waals surface area contributed by atoms with Gasteiger partial charge in [0.05, 0.1) is 5.56 Å². The van der Waals surface area contributed by atoms with Gasteiger partial charge < -0.3 is 15.0 Å². The molecule has 6 heteroatoms. The van der Waals surface area contributed by atoms with Gasteiger partial charge in [-0.15, -0.1) is 0 Å². The molecule has 22 heavy (non-hydrogen) atoms. The maximum atomic E-state index is 12.3. The van der Waals surface area contributed by atoms with Gasteiger partial charge in [0.25, 0.3) is 5.91 Å². The van der Waals surface area contributed by atoms with Crippen LogP contribution in [-0.4, -0.2) is 55.0 Å². The maximum Gasteiger partial charge on any atom is 0.255 e. The Morgan fingerprint density at radius 3 is 2.82 bits per heavy atom. The van der Waals surface area contributed by atoms with Crippen LogP contribution < -0.4 is 5.32 Å². The number of ether oxygens (including phenoxy) is 1. The van der Waals surface area contributed by atoms with Crippen LogP contribution in [0.2, 0.25) is 0 Å². The number of pyridine rings is 1. The number of piperidine rings is 1. The molecule has 1 fully saturated rings. The Morgan fingerprint density at radius 1 is 1.41 bits per heavy atom. The highest BCUT2D eigenvalue weighted by atomic mass is 16.5. The molecule has 6 nitrogen and oxygen atoms in total. The average Bonchev–Trinajstić information content (AvgIpc) is 2.59. The molecule has 1 aliphatic rings. The third-order valence-electron chi connectivity index (χ3n) is 3.89. The number of hydrogen-bond acceptors (Lipinski definition) is 4. The van der Waals surface area contributed by atoms with E-state index in [-0.39, 0.29) is 17.7 Å². The van der Waals surface area contributed by atoms with Crippen LogP contribution in [0.25, 0.3) is 0 Å². The van der Waals surface area contributed by atoms with Crippen molar-refractivity contribution < 1.29 is 14.3 Å². The standard InChI is InChI=1S/C16H23N3O3/c1-22-11-3-8-18-15(20)13-5-9-19(10-6-13)16(21)14-4-2-7-17-12-14/h2,4,7,12-13H,3,5-6,8-11H2,1H3,(H,18,20). The zero-order chi connectivity index (χ0) is 15.8. The van der Waals surface area contributed by atoms with Crippen molar-refractivity contribution in [1.29, 1.82) is 0 Å². The molecule has 0 saturated carbocycles. The van der Waals surface area contributed by atoms with Crippen LogP contribution in [0.3, 0.4) is 0 Å². The van der Waals surface area contributed by atoms with E-state index < -0.39 is 0 Å². The molecule has 2 rings (SSSR count). The van der Waals surface area contributed by atoms with Crippen molar-refractivity contribution in [2.75, 3.05) is 33.4 Å². The molecule has 1 aromatic rings. The first kappa shape index (κ1) is 16.4. The molecule has 120 valence electrons. The molecule has 0 aliphatic carbocycles. The van der Waals surface area contributed by atoms with Crippen LogP contribution in [0.15, 0.2) is 24.5 Å². The van der Waals surface area contributed by atoms with Gasteiger partial charge in [0, 0.05) is 51.7 Å². The number of rotatable bonds is 6. The van der Waals surface area contributed by atoms with Crippen molar-refractivity contribution in [3.63, 3.8) is 0 Å². The first-order chi connectivity index (χ1) is 10.7. The Balaban J connectivity index is 1.75. The van der Waals surface area contributed by atoms with Gasteiger partial charge in [-0.05, 0) is 31.4 Å². The molecule has 1 aliphatic heterocycles. The third-order valence-corrected chi connectivity index (χ3v) is 3.89. The number of nitrogens with zero attached hydrogens (tertiary/aromatic N) is 2. The largest absolute Gasteiger partial charge is 0.385 e. The van der Waals surface area contributed by atoms with E-state index in [1.54, 1.807) is 36.5 Å². The number of carbonyl (C=O) groups excluding carboxylic acids is 2. The van der Waals surface area contributed by atoms with Crippen LogP contribution in [0.5, 0.6) is 0 Å². The SMILES string of the molecule is COCCCNC(=O)C1CCN(C(=O)c2cccnc2)CC1. The Kier molecular flexibility index (Phi) is 6.33. The molecule has 0 bridgehead atoms. The first-order valence-corrected chi connectivity index (χ1v) is 7.68. The lowest BCUT2D eigenvalue weighted by Gasteiger charge is -2.31. The minimum Gasteiger partial charge on any atom is -0.385 e. The van der Waals surface area contributed by atoms with E-state index in [1.807, 2.05) is 0 Å². The number of likely N-dealkylation sites (tertiary alicyclic amines) is 1. The van der Waals surface area contributed by atoms with Crippen molar-refractivity contribution >= 4 is 11.8 Å². The molecule has 1 N–H and O–H groups in total. The van der Waals surface area contributed by atoms with Gasteiger partial charge in [0.1, 0.15) is 0 Å². The molecule has 2 amide bonds. The molecule has 0 unspecified atom stereocenters. The van der Waals surface area contributed by atoms with Gasteiger partial charge >= 0.3 is 0 Å². The van der Waals surface area contributed by atoms with Crippen molar-refractivity contribution in [1.82, 2.24) is 15.2 Å². The fourth-order valence-electron chi connectivity index (χ4n) is 2.59. The monoisotopic (exact) mass is 305 g/mol. The predicted molar refractivity (Wildman–Crippen MR) is 82.4 cm³/mol. The third kappa shape index (κ3) is 4.53. The van der Waals surface area contributed by atoms with E-state index in [1.165, 1.54) is 0 Å². The molecule has 0 aromatic carbocycles. The summed E-state index contributed by atoms with van der Waals surface area (Å²) in [5.74, 6) is 0.0807. The summed E-state index contributed by atoms with van der Waals surface area (Å²) in [5, 5.41) is 2.93. The average molecular weight is 305 g/mol. The summed E-state index contributed by atoms with van der Waals surface area (Å²) in [7, 11) is 1.65. The number of carbonyl (C=O) groups is 2. The van der Waals surface area contributed by atoms with E-state index in [2.05, 4.69) is 10.3 Å². The van der Waals surface area contributed by atoms with Gasteiger partial charge in [0.2, 0.25) is 5.91 Å². The molecule has 0 atom stereocenters. The van der Waals surface area contributed by atoms with Gasteiger partial charge in [0.15, 0.2) is 0 Å². The normalized spacial score (nSPS) is 15.6. The van der Waals surface area contributed by atoms with Crippen molar-refractivity contribution in [3.05, 3.63) is 30.1 Å². The van der Waals surface area contributed by atoms with E-state index in [4.69, 9.17) is 4.74 Å². The van der Waals surface area contributed by atoms with Crippen LogP contribution in [0.4, 0.5) is 0 Å². The molecule has 1 saturated heterocycles. The Hall–Kier alpha value is -1.95. The van der Waals surface area contributed by atoms with Crippen LogP contribution in [-0.2, 0) is 9.53 Å². The Morgan fingerprint density at radius 2 is 2.18 bits per heavy atom. The molecular weight excluding hydrogens is 282 g/mol. The summed E-state index contributed by atoms with van der Waals surface area (Å²) < 4.78 is 4.95. The van der Waals surface area contributed by atoms with Gasteiger partial charge in [-0.1, -0.05) is 0 Å². The lowest BCUT2D eigenvalue weighted by atomic mass is 9.95. The molecule has 0 radical (unpaired) electrons. The Bertz CT molecular complexity index is 485. The topological polar surface area (TPSA) is 71.5 Å². The minimum absolute atomic E-state index is 0.000457. The fourth-order valence-corrected chi connectivity index (χ4v) is 2.59. The number of amides is 2. The van der Waals surface area contributed by atoms with Gasteiger partial charge in [-0.25, -0.2) is 0 Å².